The molecular weight excluding hydrogens is 476 g/mol. The number of hydrogen-bond donors (Lipinski definition) is 1. The first kappa shape index (κ1) is 24.1. The van der Waals surface area contributed by atoms with Gasteiger partial charge in [-0.05, 0) is 73.6 Å². The first-order valence-corrected chi connectivity index (χ1v) is 13.2. The first-order valence-electron chi connectivity index (χ1n) is 13.2. The quantitative estimate of drug-likeness (QED) is 0.431. The second-order valence-corrected chi connectivity index (χ2v) is 10.3. The highest BCUT2D eigenvalue weighted by Crippen LogP contribution is 2.37. The van der Waals surface area contributed by atoms with Gasteiger partial charge >= 0.3 is 0 Å². The van der Waals surface area contributed by atoms with Crippen molar-refractivity contribution in [3.05, 3.63) is 107 Å². The monoisotopic (exact) mass is 506 g/mol. The van der Waals surface area contributed by atoms with Crippen LogP contribution >= 0.6 is 0 Å². The molecule has 0 spiro atoms. The van der Waals surface area contributed by atoms with Crippen LogP contribution in [0.1, 0.15) is 45.7 Å². The number of amides is 2. The normalized spacial score (nSPS) is 16.7. The number of fused-ring (bicyclic) bond motifs is 1. The van der Waals surface area contributed by atoms with Gasteiger partial charge < -0.3 is 14.7 Å². The summed E-state index contributed by atoms with van der Waals surface area (Å²) in [6.07, 6.45) is 2.87. The molecule has 1 aliphatic carbocycles. The second kappa shape index (κ2) is 9.89. The van der Waals surface area contributed by atoms with E-state index in [1.54, 1.807) is 19.1 Å². The zero-order chi connectivity index (χ0) is 26.1. The lowest BCUT2D eigenvalue weighted by Gasteiger charge is -2.41. The average molecular weight is 507 g/mol. The molecule has 1 N–H and O–H groups in total. The highest BCUT2D eigenvalue weighted by molar-refractivity contribution is 5.95. The Bertz CT molecular complexity index is 1430. The van der Waals surface area contributed by atoms with Gasteiger partial charge in [0.05, 0.1) is 5.41 Å². The summed E-state index contributed by atoms with van der Waals surface area (Å²) in [6, 6.07) is 25.8. The maximum Gasteiger partial charge on any atom is 0.257 e. The summed E-state index contributed by atoms with van der Waals surface area (Å²) >= 11 is 0. The Morgan fingerprint density at radius 3 is 2.13 bits per heavy atom. The number of benzene rings is 3. The summed E-state index contributed by atoms with van der Waals surface area (Å²) in [4.78, 5) is 33.4. The van der Waals surface area contributed by atoms with Crippen LogP contribution in [-0.4, -0.2) is 46.0 Å². The molecule has 3 aromatic carbocycles. The molecule has 0 atom stereocenters. The van der Waals surface area contributed by atoms with Crippen LogP contribution in [-0.2, 0) is 23.1 Å². The number of rotatable bonds is 5. The fourth-order valence-corrected chi connectivity index (χ4v) is 5.83. The number of nitrogens with zero attached hydrogens (tertiary/aromatic N) is 3. The second-order valence-electron chi connectivity index (χ2n) is 10.3. The molecule has 2 amide bonds. The molecule has 1 saturated heterocycles. The summed E-state index contributed by atoms with van der Waals surface area (Å²) in [5.74, 6) is 1.03. The number of carbonyl (C=O) groups excluding carboxylic acids is 2. The van der Waals surface area contributed by atoms with E-state index in [0.29, 0.717) is 43.2 Å². The van der Waals surface area contributed by atoms with Crippen LogP contribution in [0, 0.1) is 6.92 Å². The molecule has 7 nitrogen and oxygen atoms in total. The summed E-state index contributed by atoms with van der Waals surface area (Å²) in [5, 5.41) is 7.20. The Morgan fingerprint density at radius 1 is 0.895 bits per heavy atom. The van der Waals surface area contributed by atoms with Gasteiger partial charge in [0.2, 0.25) is 5.91 Å². The van der Waals surface area contributed by atoms with Gasteiger partial charge in [0.15, 0.2) is 5.82 Å². The van der Waals surface area contributed by atoms with Gasteiger partial charge in [0.1, 0.15) is 0 Å². The molecular formula is C31H30N4O3. The minimum atomic E-state index is -0.660. The van der Waals surface area contributed by atoms with E-state index >= 15 is 0 Å². The van der Waals surface area contributed by atoms with Crippen LogP contribution in [0.25, 0.3) is 11.5 Å². The molecule has 0 bridgehead atoms. The highest BCUT2D eigenvalue weighted by Gasteiger charge is 2.44. The third-order valence-electron chi connectivity index (χ3n) is 7.96. The number of carbonyl (C=O) groups is 2. The molecule has 4 aromatic rings. The average Bonchev–Trinajstić information content (AvgIpc) is 3.59. The Balaban J connectivity index is 1.17. The molecule has 192 valence electrons. The van der Waals surface area contributed by atoms with E-state index in [-0.39, 0.29) is 17.9 Å². The molecule has 1 fully saturated rings. The van der Waals surface area contributed by atoms with Crippen molar-refractivity contribution in [2.45, 2.75) is 44.1 Å². The summed E-state index contributed by atoms with van der Waals surface area (Å²) in [6.45, 7) is 2.79. The van der Waals surface area contributed by atoms with E-state index in [2.05, 4.69) is 39.7 Å². The number of hydrogen-bond acceptors (Lipinski definition) is 5. The number of aryl methyl sites for hydroxylation is 1. The fourth-order valence-electron chi connectivity index (χ4n) is 5.83. The molecule has 7 heteroatoms. The lowest BCUT2D eigenvalue weighted by molar-refractivity contribution is -0.129. The Hall–Kier alpha value is -4.26. The van der Waals surface area contributed by atoms with Gasteiger partial charge in [-0.1, -0.05) is 59.8 Å². The third-order valence-corrected chi connectivity index (χ3v) is 7.96. The maximum atomic E-state index is 13.9. The zero-order valence-electron chi connectivity index (χ0n) is 21.4. The summed E-state index contributed by atoms with van der Waals surface area (Å²) in [7, 11) is 0. The summed E-state index contributed by atoms with van der Waals surface area (Å²) < 4.78 is 5.23. The van der Waals surface area contributed by atoms with E-state index < -0.39 is 5.41 Å². The van der Waals surface area contributed by atoms with Crippen LogP contribution in [0.2, 0.25) is 0 Å². The van der Waals surface area contributed by atoms with Crippen LogP contribution in [0.15, 0.2) is 83.4 Å². The van der Waals surface area contributed by atoms with Gasteiger partial charge in [0, 0.05) is 30.3 Å². The number of likely N-dealkylation sites (tertiary alicyclic amines) is 1. The zero-order valence-corrected chi connectivity index (χ0v) is 21.4. The predicted molar refractivity (Wildman–Crippen MR) is 144 cm³/mol. The Labute approximate surface area is 221 Å². The minimum Gasteiger partial charge on any atom is -0.352 e. The molecule has 2 heterocycles. The predicted octanol–water partition coefficient (Wildman–Crippen LogP) is 4.50. The minimum absolute atomic E-state index is 0.0356. The van der Waals surface area contributed by atoms with Crippen molar-refractivity contribution in [1.29, 1.82) is 0 Å². The van der Waals surface area contributed by atoms with E-state index in [0.717, 1.165) is 24.0 Å². The molecule has 0 saturated carbocycles. The SMILES string of the molecule is Cc1noc(-c2ccc(C(=O)N3CCC(C(=O)NC4Cc5ccccc5C4)(c4ccccc4)CC3)cc2)n1. The molecule has 1 aliphatic heterocycles. The first-order chi connectivity index (χ1) is 18.5. The Morgan fingerprint density at radius 2 is 1.53 bits per heavy atom. The van der Waals surface area contributed by atoms with Gasteiger partial charge in [-0.15, -0.1) is 0 Å². The Kier molecular flexibility index (Phi) is 6.27. The van der Waals surface area contributed by atoms with Crippen LogP contribution in [0.5, 0.6) is 0 Å². The lowest BCUT2D eigenvalue weighted by Crippen LogP contribution is -2.54. The molecule has 1 aromatic heterocycles. The summed E-state index contributed by atoms with van der Waals surface area (Å²) in [5.41, 5.74) is 4.35. The maximum absolute atomic E-state index is 13.9. The van der Waals surface area contributed by atoms with Gasteiger partial charge in [-0.25, -0.2) is 0 Å². The molecule has 6 rings (SSSR count). The van der Waals surface area contributed by atoms with Crippen molar-refractivity contribution >= 4 is 11.8 Å². The lowest BCUT2D eigenvalue weighted by atomic mass is 9.71. The fraction of sp³-hybridized carbons (Fsp3) is 0.290. The van der Waals surface area contributed by atoms with Gasteiger partial charge in [0.25, 0.3) is 11.8 Å². The number of aromatic nitrogens is 2. The molecule has 38 heavy (non-hydrogen) atoms. The van der Waals surface area contributed by atoms with Crippen molar-refractivity contribution in [2.75, 3.05) is 13.1 Å². The van der Waals surface area contributed by atoms with Crippen molar-refractivity contribution in [2.24, 2.45) is 0 Å². The third kappa shape index (κ3) is 4.49. The van der Waals surface area contributed by atoms with Crippen molar-refractivity contribution in [3.8, 4) is 11.5 Å². The van der Waals surface area contributed by atoms with E-state index in [9.17, 15) is 9.59 Å². The van der Waals surface area contributed by atoms with Crippen LogP contribution < -0.4 is 5.32 Å². The smallest absolute Gasteiger partial charge is 0.257 e. The molecule has 0 radical (unpaired) electrons. The molecule has 0 unspecified atom stereocenters. The molecule has 2 aliphatic rings. The van der Waals surface area contributed by atoms with E-state index in [4.69, 9.17) is 4.52 Å². The van der Waals surface area contributed by atoms with Gasteiger partial charge in [-0.2, -0.15) is 4.98 Å². The topological polar surface area (TPSA) is 88.3 Å². The standard InChI is InChI=1S/C31H30N4O3/c1-21-32-28(38-34-21)22-11-13-23(14-12-22)29(36)35-17-15-31(16-18-35,26-9-3-2-4-10-26)30(37)33-27-19-24-7-5-6-8-25(24)20-27/h2-14,27H,15-20H2,1H3,(H,33,37). The van der Waals surface area contributed by atoms with Crippen LogP contribution in [0.4, 0.5) is 0 Å². The van der Waals surface area contributed by atoms with Crippen LogP contribution in [0.3, 0.4) is 0 Å². The van der Waals surface area contributed by atoms with E-state index in [1.165, 1.54) is 11.1 Å². The van der Waals surface area contributed by atoms with Gasteiger partial charge in [-0.3, -0.25) is 9.59 Å². The van der Waals surface area contributed by atoms with Crippen molar-refractivity contribution < 1.29 is 14.1 Å². The van der Waals surface area contributed by atoms with Crippen molar-refractivity contribution in [3.63, 3.8) is 0 Å². The highest BCUT2D eigenvalue weighted by atomic mass is 16.5. The largest absolute Gasteiger partial charge is 0.352 e. The van der Waals surface area contributed by atoms with E-state index in [1.807, 2.05) is 47.4 Å². The van der Waals surface area contributed by atoms with Crippen molar-refractivity contribution in [1.82, 2.24) is 20.4 Å². The number of nitrogens with one attached hydrogen (secondary N) is 1. The number of piperidine rings is 1.